The highest BCUT2D eigenvalue weighted by atomic mass is 16.5. The van der Waals surface area contributed by atoms with Gasteiger partial charge in [-0.25, -0.2) is 0 Å². The average Bonchev–Trinajstić information content (AvgIpc) is 2.38. The first-order valence-corrected chi connectivity index (χ1v) is 5.82. The van der Waals surface area contributed by atoms with Crippen molar-refractivity contribution < 1.29 is 19.0 Å². The zero-order valence-corrected chi connectivity index (χ0v) is 10.5. The molecule has 1 heterocycles. The Morgan fingerprint density at radius 3 is 2.67 bits per heavy atom. The van der Waals surface area contributed by atoms with E-state index in [0.717, 1.165) is 11.3 Å². The highest BCUT2D eigenvalue weighted by molar-refractivity contribution is 5.66. The Labute approximate surface area is 106 Å². The van der Waals surface area contributed by atoms with Gasteiger partial charge < -0.3 is 14.2 Å². The lowest BCUT2D eigenvalue weighted by molar-refractivity contribution is -0.146. The van der Waals surface area contributed by atoms with Crippen molar-refractivity contribution in [3.05, 3.63) is 42.2 Å². The molecule has 0 spiro atoms. The Morgan fingerprint density at radius 1 is 1.33 bits per heavy atom. The summed E-state index contributed by atoms with van der Waals surface area (Å²) < 4.78 is 15.8. The van der Waals surface area contributed by atoms with Crippen LogP contribution in [0.4, 0.5) is 0 Å². The van der Waals surface area contributed by atoms with Crippen LogP contribution in [0.15, 0.2) is 36.6 Å². The molecule has 2 rings (SSSR count). The van der Waals surface area contributed by atoms with Crippen LogP contribution in [0.3, 0.4) is 0 Å². The summed E-state index contributed by atoms with van der Waals surface area (Å²) in [7, 11) is 1.63. The Kier molecular flexibility index (Phi) is 3.87. The number of hydrogen-bond acceptors (Lipinski definition) is 4. The van der Waals surface area contributed by atoms with Crippen molar-refractivity contribution in [1.82, 2.24) is 0 Å². The van der Waals surface area contributed by atoms with E-state index in [0.29, 0.717) is 6.42 Å². The molecule has 96 valence electrons. The molecule has 0 aromatic heterocycles. The summed E-state index contributed by atoms with van der Waals surface area (Å²) in [6, 6.07) is 7.68. The molecule has 18 heavy (non-hydrogen) atoms. The average molecular weight is 248 g/mol. The fraction of sp³-hybridized carbons (Fsp3) is 0.357. The molecule has 4 heteroatoms. The van der Waals surface area contributed by atoms with Crippen LogP contribution in [-0.4, -0.2) is 19.2 Å². The van der Waals surface area contributed by atoms with Gasteiger partial charge in [0.2, 0.25) is 0 Å². The fourth-order valence-corrected chi connectivity index (χ4v) is 1.91. The molecule has 2 atom stereocenters. The van der Waals surface area contributed by atoms with Crippen LogP contribution in [-0.2, 0) is 14.3 Å². The Hall–Kier alpha value is -1.97. The van der Waals surface area contributed by atoms with E-state index in [-0.39, 0.29) is 18.2 Å². The third kappa shape index (κ3) is 3.03. The van der Waals surface area contributed by atoms with E-state index in [4.69, 9.17) is 14.2 Å². The van der Waals surface area contributed by atoms with Gasteiger partial charge >= 0.3 is 5.97 Å². The highest BCUT2D eigenvalue weighted by Crippen LogP contribution is 2.29. The van der Waals surface area contributed by atoms with Crippen LogP contribution in [0, 0.1) is 0 Å². The number of hydrogen-bond donors (Lipinski definition) is 0. The molecule has 1 aliphatic heterocycles. The van der Waals surface area contributed by atoms with Gasteiger partial charge in [0.1, 0.15) is 18.0 Å². The zero-order valence-electron chi connectivity index (χ0n) is 10.5. The van der Waals surface area contributed by atoms with Gasteiger partial charge in [-0.2, -0.15) is 0 Å². The fourth-order valence-electron chi connectivity index (χ4n) is 1.91. The molecule has 1 aromatic rings. The maximum atomic E-state index is 10.9. The minimum Gasteiger partial charge on any atom is -0.497 e. The van der Waals surface area contributed by atoms with Gasteiger partial charge in [-0.1, -0.05) is 12.1 Å². The summed E-state index contributed by atoms with van der Waals surface area (Å²) in [5.74, 6) is 0.529. The maximum Gasteiger partial charge on any atom is 0.303 e. The van der Waals surface area contributed by atoms with Crippen LogP contribution < -0.4 is 4.74 Å². The van der Waals surface area contributed by atoms with Crippen molar-refractivity contribution in [2.75, 3.05) is 7.11 Å². The quantitative estimate of drug-likeness (QED) is 0.771. The lowest BCUT2D eigenvalue weighted by atomic mass is 10.0. The topological polar surface area (TPSA) is 44.8 Å². The Morgan fingerprint density at radius 2 is 2.06 bits per heavy atom. The molecule has 1 aromatic carbocycles. The maximum absolute atomic E-state index is 10.9. The summed E-state index contributed by atoms with van der Waals surface area (Å²) in [5.41, 5.74) is 1.04. The van der Waals surface area contributed by atoms with Crippen LogP contribution in [0.25, 0.3) is 0 Å². The van der Waals surface area contributed by atoms with Crippen LogP contribution in [0.1, 0.15) is 25.0 Å². The summed E-state index contributed by atoms with van der Waals surface area (Å²) >= 11 is 0. The van der Waals surface area contributed by atoms with Gasteiger partial charge in [-0.15, -0.1) is 0 Å². The van der Waals surface area contributed by atoms with E-state index in [9.17, 15) is 4.79 Å². The number of esters is 1. The molecule has 0 bridgehead atoms. The lowest BCUT2D eigenvalue weighted by Gasteiger charge is -2.25. The number of ether oxygens (including phenoxy) is 3. The smallest absolute Gasteiger partial charge is 0.303 e. The van der Waals surface area contributed by atoms with Crippen molar-refractivity contribution in [3.63, 3.8) is 0 Å². The standard InChI is InChI=1S/C14H16O4/c1-10(15)18-13-7-8-17-14(9-13)11-3-5-12(16-2)6-4-11/h3-8,13-14H,9H2,1-2H3/t13-,14+/m1/s1. The molecule has 0 radical (unpaired) electrons. The second kappa shape index (κ2) is 5.58. The van der Waals surface area contributed by atoms with E-state index < -0.39 is 0 Å². The normalized spacial score (nSPS) is 22.1. The first-order chi connectivity index (χ1) is 8.69. The molecule has 0 N–H and O–H groups in total. The van der Waals surface area contributed by atoms with Crippen LogP contribution in [0.2, 0.25) is 0 Å². The first-order valence-electron chi connectivity index (χ1n) is 5.82. The van der Waals surface area contributed by atoms with Crippen molar-refractivity contribution in [3.8, 4) is 5.75 Å². The number of benzene rings is 1. The van der Waals surface area contributed by atoms with E-state index in [2.05, 4.69) is 0 Å². The molecule has 4 nitrogen and oxygen atoms in total. The third-order valence-electron chi connectivity index (χ3n) is 2.79. The van der Waals surface area contributed by atoms with Gasteiger partial charge in [-0.3, -0.25) is 4.79 Å². The summed E-state index contributed by atoms with van der Waals surface area (Å²) in [4.78, 5) is 10.9. The minimum absolute atomic E-state index is 0.0924. The first kappa shape index (κ1) is 12.5. The monoisotopic (exact) mass is 248 g/mol. The second-order valence-electron chi connectivity index (χ2n) is 4.11. The van der Waals surface area contributed by atoms with Gasteiger partial charge in [0.25, 0.3) is 0 Å². The molecular formula is C14H16O4. The number of methoxy groups -OCH3 is 1. The zero-order chi connectivity index (χ0) is 13.0. The minimum atomic E-state index is -0.278. The molecule has 0 saturated heterocycles. The van der Waals surface area contributed by atoms with E-state index in [1.54, 1.807) is 19.4 Å². The lowest BCUT2D eigenvalue weighted by Crippen LogP contribution is -2.21. The van der Waals surface area contributed by atoms with Gasteiger partial charge in [0.15, 0.2) is 0 Å². The van der Waals surface area contributed by atoms with Crippen molar-refractivity contribution in [2.45, 2.75) is 25.6 Å². The number of carbonyl (C=O) groups is 1. The molecule has 1 aliphatic rings. The Balaban J connectivity index is 2.04. The molecule has 0 unspecified atom stereocenters. The van der Waals surface area contributed by atoms with Crippen molar-refractivity contribution >= 4 is 5.97 Å². The number of rotatable bonds is 3. The van der Waals surface area contributed by atoms with Crippen molar-refractivity contribution in [1.29, 1.82) is 0 Å². The van der Waals surface area contributed by atoms with Gasteiger partial charge in [-0.05, 0) is 23.8 Å². The summed E-state index contributed by atoms with van der Waals surface area (Å²) in [6.45, 7) is 1.41. The molecule has 0 saturated carbocycles. The predicted molar refractivity (Wildman–Crippen MR) is 66.1 cm³/mol. The largest absolute Gasteiger partial charge is 0.497 e. The SMILES string of the molecule is COc1ccc([C@@H]2C[C@H](OC(C)=O)C=CO2)cc1. The predicted octanol–water partition coefficient (Wildman–Crippen LogP) is 2.60. The van der Waals surface area contributed by atoms with Crippen LogP contribution in [0.5, 0.6) is 5.75 Å². The molecule has 0 fully saturated rings. The third-order valence-corrected chi connectivity index (χ3v) is 2.79. The van der Waals surface area contributed by atoms with Gasteiger partial charge in [0, 0.05) is 13.3 Å². The van der Waals surface area contributed by atoms with E-state index in [1.165, 1.54) is 6.92 Å². The Bertz CT molecular complexity index is 436. The number of carbonyl (C=O) groups excluding carboxylic acids is 1. The van der Waals surface area contributed by atoms with Crippen LogP contribution >= 0.6 is 0 Å². The molecule has 0 aliphatic carbocycles. The summed E-state index contributed by atoms with van der Waals surface area (Å²) in [6.07, 6.45) is 3.66. The molecular weight excluding hydrogens is 232 g/mol. The molecule has 0 amide bonds. The summed E-state index contributed by atoms with van der Waals surface area (Å²) in [5, 5.41) is 0. The van der Waals surface area contributed by atoms with Crippen molar-refractivity contribution in [2.24, 2.45) is 0 Å². The second-order valence-corrected chi connectivity index (χ2v) is 4.11. The van der Waals surface area contributed by atoms with E-state index >= 15 is 0 Å². The van der Waals surface area contributed by atoms with Gasteiger partial charge in [0.05, 0.1) is 13.4 Å². The highest BCUT2D eigenvalue weighted by Gasteiger charge is 2.22. The van der Waals surface area contributed by atoms with E-state index in [1.807, 2.05) is 24.3 Å².